The summed E-state index contributed by atoms with van der Waals surface area (Å²) >= 11 is 2.29. The minimum absolute atomic E-state index is 0.0510. The molecule has 3 rings (SSSR count). The van der Waals surface area contributed by atoms with Gasteiger partial charge in [0, 0.05) is 14.4 Å². The molecular formula is C19H25IO2. The van der Waals surface area contributed by atoms with Gasteiger partial charge in [-0.15, -0.1) is 0 Å². The quantitative estimate of drug-likeness (QED) is 0.507. The Morgan fingerprint density at radius 2 is 2.00 bits per heavy atom. The van der Waals surface area contributed by atoms with Crippen LogP contribution in [0.15, 0.2) is 24.3 Å². The highest BCUT2D eigenvalue weighted by Crippen LogP contribution is 2.63. The van der Waals surface area contributed by atoms with E-state index in [1.807, 2.05) is 31.2 Å². The predicted octanol–water partition coefficient (Wildman–Crippen LogP) is 5.15. The third kappa shape index (κ3) is 2.49. The van der Waals surface area contributed by atoms with Crippen molar-refractivity contribution in [2.24, 2.45) is 16.7 Å². The Labute approximate surface area is 147 Å². The van der Waals surface area contributed by atoms with E-state index in [1.165, 1.54) is 19.3 Å². The molecule has 2 fully saturated rings. The Bertz CT molecular complexity index is 590. The zero-order valence-corrected chi connectivity index (χ0v) is 16.0. The van der Waals surface area contributed by atoms with Crippen molar-refractivity contribution in [2.75, 3.05) is 0 Å². The van der Waals surface area contributed by atoms with E-state index in [2.05, 4.69) is 43.4 Å². The lowest BCUT2D eigenvalue weighted by Gasteiger charge is -2.42. The predicted molar refractivity (Wildman–Crippen MR) is 96.7 cm³/mol. The smallest absolute Gasteiger partial charge is 0.313 e. The molecule has 3 heteroatoms. The van der Waals surface area contributed by atoms with Crippen LogP contribution in [-0.4, -0.2) is 12.1 Å². The van der Waals surface area contributed by atoms with Crippen molar-refractivity contribution in [2.45, 2.75) is 59.0 Å². The third-order valence-corrected chi connectivity index (χ3v) is 7.08. The maximum atomic E-state index is 12.7. The fourth-order valence-electron chi connectivity index (χ4n) is 4.72. The fraction of sp³-hybridized carbons (Fsp3) is 0.632. The Morgan fingerprint density at radius 1 is 1.32 bits per heavy atom. The number of hydrogen-bond acceptors (Lipinski definition) is 2. The minimum Gasteiger partial charge on any atom is -0.461 e. The van der Waals surface area contributed by atoms with Crippen LogP contribution in [0, 0.1) is 20.3 Å². The van der Waals surface area contributed by atoms with Crippen molar-refractivity contribution in [3.8, 4) is 0 Å². The molecule has 0 aromatic heterocycles. The molecule has 0 radical (unpaired) electrons. The molecule has 0 amide bonds. The molecule has 0 aliphatic heterocycles. The second kappa shape index (κ2) is 5.50. The second-order valence-electron chi connectivity index (χ2n) is 7.98. The topological polar surface area (TPSA) is 26.3 Å². The lowest BCUT2D eigenvalue weighted by Crippen LogP contribution is -2.44. The molecule has 1 aromatic carbocycles. The Balaban J connectivity index is 1.79. The van der Waals surface area contributed by atoms with Crippen molar-refractivity contribution in [1.29, 1.82) is 0 Å². The number of halogens is 1. The summed E-state index contributed by atoms with van der Waals surface area (Å²) in [5.74, 6) is 0.421. The van der Waals surface area contributed by atoms with Crippen molar-refractivity contribution in [3.05, 3.63) is 33.4 Å². The molecule has 0 heterocycles. The highest BCUT2D eigenvalue weighted by atomic mass is 127. The monoisotopic (exact) mass is 412 g/mol. The zero-order chi connectivity index (χ0) is 16.1. The minimum atomic E-state index is -0.202. The normalized spacial score (nSPS) is 33.7. The lowest BCUT2D eigenvalue weighted by molar-refractivity contribution is -0.166. The summed E-state index contributed by atoms with van der Waals surface area (Å²) in [4.78, 5) is 12.7. The first kappa shape index (κ1) is 16.3. The summed E-state index contributed by atoms with van der Waals surface area (Å²) in [6.45, 7) is 8.81. The van der Waals surface area contributed by atoms with Crippen molar-refractivity contribution in [3.63, 3.8) is 0 Å². The fourth-order valence-corrected chi connectivity index (χ4v) is 5.58. The van der Waals surface area contributed by atoms with Crippen LogP contribution in [0.3, 0.4) is 0 Å². The molecular weight excluding hydrogens is 387 g/mol. The number of rotatable bonds is 3. The first-order chi connectivity index (χ1) is 10.3. The van der Waals surface area contributed by atoms with Crippen LogP contribution in [0.1, 0.15) is 58.4 Å². The van der Waals surface area contributed by atoms with Gasteiger partial charge in [-0.05, 0) is 66.3 Å². The molecule has 2 aliphatic carbocycles. The molecule has 2 aliphatic rings. The summed E-state index contributed by atoms with van der Waals surface area (Å²) in [5.41, 5.74) is 1.35. The van der Waals surface area contributed by atoms with E-state index in [1.54, 1.807) is 0 Å². The molecule has 0 N–H and O–H groups in total. The number of hydrogen-bond donors (Lipinski definition) is 0. The number of ether oxygens (including phenoxy) is 1. The molecule has 0 spiro atoms. The molecule has 120 valence electrons. The van der Waals surface area contributed by atoms with Gasteiger partial charge in [0.2, 0.25) is 0 Å². The highest BCUT2D eigenvalue weighted by Gasteiger charge is 2.61. The number of benzene rings is 1. The summed E-state index contributed by atoms with van der Waals surface area (Å²) in [5, 5.41) is 0. The van der Waals surface area contributed by atoms with Crippen LogP contribution >= 0.6 is 22.6 Å². The SMILES string of the molecule is C[C@@H](C(=O)O[C@H]1C(C)(C)[C@H]2CC[C@]1(C)C2)c1ccccc1I. The largest absolute Gasteiger partial charge is 0.461 e. The number of carbonyl (C=O) groups excluding carboxylic acids is 1. The molecule has 2 nitrogen and oxygen atoms in total. The number of esters is 1. The average Bonchev–Trinajstić information content (AvgIpc) is 2.94. The van der Waals surface area contributed by atoms with Crippen LogP contribution in [0.25, 0.3) is 0 Å². The Kier molecular flexibility index (Phi) is 4.07. The first-order valence-corrected chi connectivity index (χ1v) is 9.28. The van der Waals surface area contributed by atoms with Gasteiger partial charge in [0.05, 0.1) is 5.92 Å². The van der Waals surface area contributed by atoms with Gasteiger partial charge in [0.1, 0.15) is 6.10 Å². The maximum Gasteiger partial charge on any atom is 0.313 e. The summed E-state index contributed by atoms with van der Waals surface area (Å²) in [7, 11) is 0. The third-order valence-electron chi connectivity index (χ3n) is 6.10. The van der Waals surface area contributed by atoms with E-state index in [0.717, 1.165) is 9.13 Å². The Morgan fingerprint density at radius 3 is 2.59 bits per heavy atom. The second-order valence-corrected chi connectivity index (χ2v) is 9.14. The van der Waals surface area contributed by atoms with Crippen LogP contribution in [0.5, 0.6) is 0 Å². The molecule has 0 unspecified atom stereocenters. The van der Waals surface area contributed by atoms with Gasteiger partial charge in [-0.3, -0.25) is 4.79 Å². The van der Waals surface area contributed by atoms with E-state index in [4.69, 9.17) is 4.74 Å². The molecule has 2 bridgehead atoms. The van der Waals surface area contributed by atoms with Crippen molar-refractivity contribution < 1.29 is 9.53 Å². The van der Waals surface area contributed by atoms with Gasteiger partial charge in [0.25, 0.3) is 0 Å². The standard InChI is InChI=1S/C19H25IO2/c1-12(14-7-5-6-8-15(14)20)16(21)22-17-18(2,3)13-9-10-19(17,4)11-13/h5-8,12-13,17H,9-11H2,1-4H3/t12-,13+,17+,19-/m1/s1. The zero-order valence-electron chi connectivity index (χ0n) is 13.9. The van der Waals surface area contributed by atoms with Crippen LogP contribution < -0.4 is 0 Å². The first-order valence-electron chi connectivity index (χ1n) is 8.20. The van der Waals surface area contributed by atoms with Gasteiger partial charge >= 0.3 is 5.97 Å². The van der Waals surface area contributed by atoms with Gasteiger partial charge in [-0.1, -0.05) is 39.0 Å². The van der Waals surface area contributed by atoms with Gasteiger partial charge in [-0.2, -0.15) is 0 Å². The van der Waals surface area contributed by atoms with E-state index in [0.29, 0.717) is 5.92 Å². The van der Waals surface area contributed by atoms with Gasteiger partial charge in [0.15, 0.2) is 0 Å². The number of carbonyl (C=O) groups is 1. The summed E-state index contributed by atoms with van der Waals surface area (Å²) < 4.78 is 7.22. The van der Waals surface area contributed by atoms with E-state index in [9.17, 15) is 4.79 Å². The van der Waals surface area contributed by atoms with Crippen molar-refractivity contribution in [1.82, 2.24) is 0 Å². The van der Waals surface area contributed by atoms with E-state index in [-0.39, 0.29) is 28.8 Å². The van der Waals surface area contributed by atoms with Crippen LogP contribution in [0.4, 0.5) is 0 Å². The van der Waals surface area contributed by atoms with Gasteiger partial charge in [-0.25, -0.2) is 0 Å². The van der Waals surface area contributed by atoms with E-state index >= 15 is 0 Å². The summed E-state index contributed by atoms with van der Waals surface area (Å²) in [6.07, 6.45) is 3.73. The highest BCUT2D eigenvalue weighted by molar-refractivity contribution is 14.1. The molecule has 22 heavy (non-hydrogen) atoms. The Hall–Kier alpha value is -0.580. The van der Waals surface area contributed by atoms with Crippen LogP contribution in [-0.2, 0) is 9.53 Å². The van der Waals surface area contributed by atoms with E-state index < -0.39 is 0 Å². The molecule has 0 saturated heterocycles. The van der Waals surface area contributed by atoms with Crippen LogP contribution in [0.2, 0.25) is 0 Å². The van der Waals surface area contributed by atoms with Crippen molar-refractivity contribution >= 4 is 28.6 Å². The molecule has 4 atom stereocenters. The van der Waals surface area contributed by atoms with Gasteiger partial charge < -0.3 is 4.74 Å². The average molecular weight is 412 g/mol. The maximum absolute atomic E-state index is 12.7. The summed E-state index contributed by atoms with van der Waals surface area (Å²) in [6, 6.07) is 8.07. The molecule has 1 aromatic rings. The lowest BCUT2D eigenvalue weighted by atomic mass is 9.70. The number of fused-ring (bicyclic) bond motifs is 2. The molecule has 2 saturated carbocycles.